The van der Waals surface area contributed by atoms with E-state index in [1.165, 1.54) is 32.1 Å². The van der Waals surface area contributed by atoms with Crippen molar-refractivity contribution < 1.29 is 13.9 Å². The number of pyridine rings is 1. The highest BCUT2D eigenvalue weighted by Crippen LogP contribution is 2.15. The Morgan fingerprint density at radius 2 is 1.61 bits per heavy atom. The summed E-state index contributed by atoms with van der Waals surface area (Å²) >= 11 is 0. The van der Waals surface area contributed by atoms with Crippen molar-refractivity contribution in [3.05, 3.63) is 53.7 Å². The molecule has 0 bridgehead atoms. The Balaban J connectivity index is 1.44. The predicted octanol–water partition coefficient (Wildman–Crippen LogP) is 6.42. The van der Waals surface area contributed by atoms with E-state index in [4.69, 9.17) is 9.15 Å². The smallest absolute Gasteiger partial charge is 0.306 e. The molecule has 4 nitrogen and oxygen atoms in total. The Labute approximate surface area is 169 Å². The van der Waals surface area contributed by atoms with Gasteiger partial charge in [-0.1, -0.05) is 51.5 Å². The maximum atomic E-state index is 11.7. The van der Waals surface area contributed by atoms with Gasteiger partial charge in [0.25, 0.3) is 0 Å². The van der Waals surface area contributed by atoms with Crippen molar-refractivity contribution >= 4 is 5.97 Å². The summed E-state index contributed by atoms with van der Waals surface area (Å²) in [6.07, 6.45) is 16.6. The number of furan rings is 1. The van der Waals surface area contributed by atoms with Gasteiger partial charge in [0.1, 0.15) is 18.1 Å². The monoisotopic (exact) mass is 385 g/mol. The maximum Gasteiger partial charge on any atom is 0.306 e. The number of nitrogens with zero attached hydrogens (tertiary/aromatic N) is 1. The molecule has 2 rings (SSSR count). The van der Waals surface area contributed by atoms with E-state index >= 15 is 0 Å². The Morgan fingerprint density at radius 3 is 2.29 bits per heavy atom. The van der Waals surface area contributed by atoms with E-state index in [-0.39, 0.29) is 5.97 Å². The predicted molar refractivity (Wildman–Crippen MR) is 112 cm³/mol. The van der Waals surface area contributed by atoms with Crippen LogP contribution in [0.15, 0.2) is 41.1 Å². The molecule has 0 unspecified atom stereocenters. The van der Waals surface area contributed by atoms with Crippen molar-refractivity contribution in [3.63, 3.8) is 0 Å². The number of carbonyl (C=O) groups excluding carboxylic acids is 1. The lowest BCUT2D eigenvalue weighted by Gasteiger charge is -2.04. The molecule has 28 heavy (non-hydrogen) atoms. The molecule has 0 radical (unpaired) electrons. The van der Waals surface area contributed by atoms with E-state index in [9.17, 15) is 4.79 Å². The van der Waals surface area contributed by atoms with Crippen LogP contribution in [0.4, 0.5) is 0 Å². The molecule has 0 aliphatic heterocycles. The molecule has 0 N–H and O–H groups in total. The summed E-state index contributed by atoms with van der Waals surface area (Å²) < 4.78 is 11.2. The molecule has 0 aliphatic rings. The highest BCUT2D eigenvalue weighted by molar-refractivity contribution is 5.69. The highest BCUT2D eigenvalue weighted by atomic mass is 16.5. The summed E-state index contributed by atoms with van der Waals surface area (Å²) in [5.74, 6) is 2.13. The molecule has 2 aromatic rings. The van der Waals surface area contributed by atoms with Crippen LogP contribution in [-0.2, 0) is 29.0 Å². The van der Waals surface area contributed by atoms with Gasteiger partial charge in [0.2, 0.25) is 0 Å². The van der Waals surface area contributed by atoms with E-state index < -0.39 is 0 Å². The van der Waals surface area contributed by atoms with Crippen LogP contribution in [0.25, 0.3) is 0 Å². The zero-order valence-corrected chi connectivity index (χ0v) is 17.3. The van der Waals surface area contributed by atoms with Gasteiger partial charge in [-0.2, -0.15) is 0 Å². The number of aryl methyl sites for hydroxylation is 2. The Hall–Kier alpha value is -2.10. The van der Waals surface area contributed by atoms with Gasteiger partial charge in [0.05, 0.1) is 0 Å². The minimum absolute atomic E-state index is 0.120. The van der Waals surface area contributed by atoms with Gasteiger partial charge < -0.3 is 9.15 Å². The van der Waals surface area contributed by atoms with Gasteiger partial charge in [-0.05, 0) is 37.5 Å². The largest absolute Gasteiger partial charge is 0.466 e. The number of carbonyl (C=O) groups is 1. The molecule has 0 aromatic carbocycles. The number of hydrogen-bond donors (Lipinski definition) is 0. The maximum absolute atomic E-state index is 11.7. The molecule has 2 heterocycles. The first-order chi connectivity index (χ1) is 13.8. The molecule has 0 spiro atoms. The second kappa shape index (κ2) is 14.0. The molecule has 0 aliphatic carbocycles. The van der Waals surface area contributed by atoms with Gasteiger partial charge >= 0.3 is 5.97 Å². The molecule has 0 amide bonds. The summed E-state index contributed by atoms with van der Waals surface area (Å²) in [6.45, 7) is 2.55. The van der Waals surface area contributed by atoms with E-state index in [1.54, 1.807) is 12.4 Å². The molecule has 154 valence electrons. The summed E-state index contributed by atoms with van der Waals surface area (Å²) in [7, 11) is 0. The number of aromatic nitrogens is 1. The fourth-order valence-corrected chi connectivity index (χ4v) is 3.24. The number of ether oxygens (including phenoxy) is 1. The summed E-state index contributed by atoms with van der Waals surface area (Å²) in [5, 5.41) is 0. The summed E-state index contributed by atoms with van der Waals surface area (Å²) in [4.78, 5) is 15.8. The molecule has 0 saturated heterocycles. The van der Waals surface area contributed by atoms with Crippen LogP contribution < -0.4 is 0 Å². The average molecular weight is 386 g/mol. The fourth-order valence-electron chi connectivity index (χ4n) is 3.24. The van der Waals surface area contributed by atoms with Crippen LogP contribution in [0.5, 0.6) is 0 Å². The molecular weight excluding hydrogens is 350 g/mol. The van der Waals surface area contributed by atoms with Crippen molar-refractivity contribution in [2.45, 2.75) is 90.6 Å². The minimum Gasteiger partial charge on any atom is -0.466 e. The number of hydrogen-bond acceptors (Lipinski definition) is 4. The second-order valence-corrected chi connectivity index (χ2v) is 7.47. The number of esters is 1. The number of unbranched alkanes of at least 4 members (excludes halogenated alkanes) is 7. The van der Waals surface area contributed by atoms with Gasteiger partial charge in [-0.15, -0.1) is 0 Å². The Bertz CT molecular complexity index is 651. The topological polar surface area (TPSA) is 52.3 Å². The third-order valence-electron chi connectivity index (χ3n) is 4.92. The Morgan fingerprint density at radius 1 is 0.929 bits per heavy atom. The third kappa shape index (κ3) is 9.72. The van der Waals surface area contributed by atoms with Crippen LogP contribution in [0.3, 0.4) is 0 Å². The van der Waals surface area contributed by atoms with Crippen LogP contribution >= 0.6 is 0 Å². The normalized spacial score (nSPS) is 10.9. The van der Waals surface area contributed by atoms with Gasteiger partial charge in [-0.3, -0.25) is 9.78 Å². The van der Waals surface area contributed by atoms with Crippen molar-refractivity contribution in [2.75, 3.05) is 0 Å². The molecular formula is C24H35NO3. The third-order valence-corrected chi connectivity index (χ3v) is 4.92. The van der Waals surface area contributed by atoms with E-state index in [0.717, 1.165) is 55.6 Å². The molecule has 2 aromatic heterocycles. The highest BCUT2D eigenvalue weighted by Gasteiger charge is 2.05. The fraction of sp³-hybridized carbons (Fsp3) is 0.583. The van der Waals surface area contributed by atoms with E-state index in [1.807, 2.05) is 12.1 Å². The molecule has 0 saturated carbocycles. The second-order valence-electron chi connectivity index (χ2n) is 7.47. The average Bonchev–Trinajstić information content (AvgIpc) is 3.17. The first-order valence-electron chi connectivity index (χ1n) is 10.9. The van der Waals surface area contributed by atoms with Crippen LogP contribution in [0, 0.1) is 0 Å². The summed E-state index contributed by atoms with van der Waals surface area (Å²) in [6, 6.07) is 8.03. The van der Waals surface area contributed by atoms with Crippen molar-refractivity contribution in [3.8, 4) is 0 Å². The zero-order valence-electron chi connectivity index (χ0n) is 17.3. The first-order valence-corrected chi connectivity index (χ1v) is 10.9. The van der Waals surface area contributed by atoms with Crippen molar-refractivity contribution in [2.24, 2.45) is 0 Å². The lowest BCUT2D eigenvalue weighted by molar-refractivity contribution is -0.145. The standard InChI is InChI=1S/C24H35NO3/c1-2-3-4-8-13-22-16-17-23(28-22)14-9-6-5-7-10-15-24(26)27-20-21-12-11-18-25-19-21/h11-12,16-19H,2-10,13-15,20H2,1H3. The zero-order chi connectivity index (χ0) is 19.9. The van der Waals surface area contributed by atoms with E-state index in [2.05, 4.69) is 24.0 Å². The van der Waals surface area contributed by atoms with Crippen LogP contribution in [-0.4, -0.2) is 11.0 Å². The van der Waals surface area contributed by atoms with Crippen molar-refractivity contribution in [1.29, 1.82) is 0 Å². The van der Waals surface area contributed by atoms with Gasteiger partial charge in [0.15, 0.2) is 0 Å². The van der Waals surface area contributed by atoms with Crippen LogP contribution in [0.2, 0.25) is 0 Å². The van der Waals surface area contributed by atoms with Gasteiger partial charge in [0, 0.05) is 37.2 Å². The first kappa shape index (κ1) is 22.2. The molecule has 0 atom stereocenters. The van der Waals surface area contributed by atoms with Crippen molar-refractivity contribution in [1.82, 2.24) is 4.98 Å². The lowest BCUT2D eigenvalue weighted by atomic mass is 10.1. The molecule has 0 fully saturated rings. The SMILES string of the molecule is CCCCCCc1ccc(CCCCCCCC(=O)OCc2cccnc2)o1. The number of rotatable bonds is 15. The lowest BCUT2D eigenvalue weighted by Crippen LogP contribution is -2.04. The Kier molecular flexibility index (Phi) is 11.1. The quantitative estimate of drug-likeness (QED) is 0.262. The molecule has 4 heteroatoms. The van der Waals surface area contributed by atoms with E-state index in [0.29, 0.717) is 13.0 Å². The summed E-state index contributed by atoms with van der Waals surface area (Å²) in [5.41, 5.74) is 0.929. The minimum atomic E-state index is -0.120. The van der Waals surface area contributed by atoms with Crippen LogP contribution in [0.1, 0.15) is 88.2 Å². The van der Waals surface area contributed by atoms with Gasteiger partial charge in [-0.25, -0.2) is 0 Å².